The lowest BCUT2D eigenvalue weighted by Crippen LogP contribution is -2.26. The minimum Gasteiger partial charge on any atom is -0.337 e. The molecule has 146 valence electrons. The second-order valence-electron chi connectivity index (χ2n) is 6.71. The largest absolute Gasteiger partial charge is 0.337 e. The van der Waals surface area contributed by atoms with E-state index in [1.165, 1.54) is 5.56 Å². The summed E-state index contributed by atoms with van der Waals surface area (Å²) in [7, 11) is -1.84. The van der Waals surface area contributed by atoms with E-state index in [9.17, 15) is 13.2 Å². The molecule has 28 heavy (non-hydrogen) atoms. The number of benzene rings is 2. The zero-order valence-electron chi connectivity index (χ0n) is 16.0. The maximum atomic E-state index is 12.7. The third kappa shape index (κ3) is 4.61. The lowest BCUT2D eigenvalue weighted by molar-refractivity contribution is 0.0785. The molecule has 2 aromatic carbocycles. The first kappa shape index (κ1) is 20.1. The van der Waals surface area contributed by atoms with E-state index >= 15 is 0 Å². The number of carbonyl (C=O) groups is 1. The highest BCUT2D eigenvalue weighted by molar-refractivity contribution is 7.94. The number of nitrogens with zero attached hydrogens (tertiary/aromatic N) is 1. The predicted octanol–water partition coefficient (Wildman–Crippen LogP) is 4.44. The predicted molar refractivity (Wildman–Crippen MR) is 113 cm³/mol. The molecule has 7 heteroatoms. The average Bonchev–Trinajstić information content (AvgIpc) is 3.19. The first-order valence-electron chi connectivity index (χ1n) is 8.74. The number of thiophene rings is 1. The van der Waals surface area contributed by atoms with Gasteiger partial charge in [0.05, 0.1) is 0 Å². The van der Waals surface area contributed by atoms with Gasteiger partial charge in [0.15, 0.2) is 0 Å². The minimum absolute atomic E-state index is 0.118. The number of amides is 1. The van der Waals surface area contributed by atoms with Crippen LogP contribution in [0.1, 0.15) is 27.0 Å². The minimum atomic E-state index is -3.60. The van der Waals surface area contributed by atoms with Gasteiger partial charge >= 0.3 is 0 Å². The molecule has 0 bridgehead atoms. The van der Waals surface area contributed by atoms with E-state index in [-0.39, 0.29) is 10.1 Å². The number of sulfonamides is 1. The highest BCUT2D eigenvalue weighted by Gasteiger charge is 2.16. The van der Waals surface area contributed by atoms with Crippen LogP contribution in [0.15, 0.2) is 64.2 Å². The molecule has 0 atom stereocenters. The highest BCUT2D eigenvalue weighted by Crippen LogP contribution is 2.21. The third-order valence-corrected chi connectivity index (χ3v) is 7.18. The standard InChI is InChI=1S/C21H22N2O3S2/c1-15-6-7-18(16(2)13-15)14-23(3)21(24)17-8-10-19(11-9-17)22-28(25,26)20-5-4-12-27-20/h4-13,22H,14H2,1-3H3. The first-order valence-corrected chi connectivity index (χ1v) is 11.1. The fourth-order valence-electron chi connectivity index (χ4n) is 2.87. The summed E-state index contributed by atoms with van der Waals surface area (Å²) in [5.74, 6) is -0.118. The lowest BCUT2D eigenvalue weighted by Gasteiger charge is -2.19. The summed E-state index contributed by atoms with van der Waals surface area (Å²) in [4.78, 5) is 14.4. The number of rotatable bonds is 6. The Morgan fingerprint density at radius 1 is 1.07 bits per heavy atom. The van der Waals surface area contributed by atoms with E-state index in [1.807, 2.05) is 26.0 Å². The van der Waals surface area contributed by atoms with E-state index in [1.54, 1.807) is 53.7 Å². The molecule has 1 amide bonds. The molecule has 0 saturated heterocycles. The number of anilines is 1. The van der Waals surface area contributed by atoms with Gasteiger partial charge in [0, 0.05) is 24.8 Å². The van der Waals surface area contributed by atoms with Crippen LogP contribution in [-0.2, 0) is 16.6 Å². The van der Waals surface area contributed by atoms with Crippen molar-refractivity contribution in [1.82, 2.24) is 4.90 Å². The molecule has 1 N–H and O–H groups in total. The molecule has 0 saturated carbocycles. The van der Waals surface area contributed by atoms with Crippen LogP contribution >= 0.6 is 11.3 Å². The lowest BCUT2D eigenvalue weighted by atomic mass is 10.1. The highest BCUT2D eigenvalue weighted by atomic mass is 32.2. The van der Waals surface area contributed by atoms with Gasteiger partial charge in [-0.2, -0.15) is 0 Å². The topological polar surface area (TPSA) is 66.5 Å². The summed E-state index contributed by atoms with van der Waals surface area (Å²) in [5.41, 5.74) is 4.36. The Morgan fingerprint density at radius 2 is 1.79 bits per heavy atom. The zero-order valence-corrected chi connectivity index (χ0v) is 17.6. The van der Waals surface area contributed by atoms with Crippen molar-refractivity contribution in [2.24, 2.45) is 0 Å². The van der Waals surface area contributed by atoms with Crippen LogP contribution in [0.5, 0.6) is 0 Å². The number of hydrogen-bond donors (Lipinski definition) is 1. The Hall–Kier alpha value is -2.64. The van der Waals surface area contributed by atoms with Crippen molar-refractivity contribution >= 4 is 33.0 Å². The van der Waals surface area contributed by atoms with Crippen LogP contribution in [0.25, 0.3) is 0 Å². The zero-order chi connectivity index (χ0) is 20.3. The smallest absolute Gasteiger partial charge is 0.271 e. The molecule has 1 aromatic heterocycles. The fourth-order valence-corrected chi connectivity index (χ4v) is 4.93. The number of aryl methyl sites for hydroxylation is 2. The quantitative estimate of drug-likeness (QED) is 0.648. The maximum Gasteiger partial charge on any atom is 0.271 e. The van der Waals surface area contributed by atoms with Crippen LogP contribution in [0.2, 0.25) is 0 Å². The van der Waals surface area contributed by atoms with Gasteiger partial charge in [-0.1, -0.05) is 29.8 Å². The van der Waals surface area contributed by atoms with Gasteiger partial charge in [-0.25, -0.2) is 8.42 Å². The van der Waals surface area contributed by atoms with Crippen LogP contribution in [0, 0.1) is 13.8 Å². The molecule has 5 nitrogen and oxygen atoms in total. The van der Waals surface area contributed by atoms with Crippen LogP contribution in [-0.4, -0.2) is 26.3 Å². The number of carbonyl (C=O) groups excluding carboxylic acids is 1. The second kappa shape index (κ2) is 8.16. The van der Waals surface area contributed by atoms with Gasteiger partial charge in [-0.3, -0.25) is 9.52 Å². The Balaban J connectivity index is 1.69. The van der Waals surface area contributed by atoms with E-state index in [0.717, 1.165) is 22.5 Å². The van der Waals surface area contributed by atoms with Crippen molar-refractivity contribution in [3.63, 3.8) is 0 Å². The Labute approximate surface area is 169 Å². The van der Waals surface area contributed by atoms with Crippen LogP contribution in [0.3, 0.4) is 0 Å². The number of nitrogens with one attached hydrogen (secondary N) is 1. The van der Waals surface area contributed by atoms with Crippen molar-refractivity contribution in [3.05, 3.63) is 82.2 Å². The van der Waals surface area contributed by atoms with Crippen LogP contribution in [0.4, 0.5) is 5.69 Å². The van der Waals surface area contributed by atoms with Crippen molar-refractivity contribution in [2.75, 3.05) is 11.8 Å². The SMILES string of the molecule is Cc1ccc(CN(C)C(=O)c2ccc(NS(=O)(=O)c3cccs3)cc2)c(C)c1. The fraction of sp³-hybridized carbons (Fsp3) is 0.190. The molecule has 3 aromatic rings. The van der Waals surface area contributed by atoms with E-state index in [0.29, 0.717) is 17.8 Å². The third-order valence-electron chi connectivity index (χ3n) is 4.40. The summed E-state index contributed by atoms with van der Waals surface area (Å²) in [5, 5.41) is 1.71. The molecule has 0 aliphatic carbocycles. The van der Waals surface area contributed by atoms with Crippen molar-refractivity contribution in [3.8, 4) is 0 Å². The molecule has 3 rings (SSSR count). The van der Waals surface area contributed by atoms with Crippen LogP contribution < -0.4 is 4.72 Å². The molecule has 0 aliphatic heterocycles. The van der Waals surface area contributed by atoms with Gasteiger partial charge in [0.1, 0.15) is 4.21 Å². The van der Waals surface area contributed by atoms with Gasteiger partial charge in [0.25, 0.3) is 15.9 Å². The Bertz CT molecular complexity index is 1070. The maximum absolute atomic E-state index is 12.7. The first-order chi connectivity index (χ1) is 13.3. The van der Waals surface area contributed by atoms with Gasteiger partial charge in [-0.15, -0.1) is 11.3 Å². The normalized spacial score (nSPS) is 11.2. The molecule has 0 unspecified atom stereocenters. The molecule has 0 spiro atoms. The summed E-state index contributed by atoms with van der Waals surface area (Å²) in [6, 6.07) is 15.9. The molecular formula is C21H22N2O3S2. The monoisotopic (exact) mass is 414 g/mol. The Kier molecular flexibility index (Phi) is 5.86. The molecule has 0 aliphatic rings. The van der Waals surface area contributed by atoms with E-state index in [2.05, 4.69) is 10.8 Å². The van der Waals surface area contributed by atoms with Gasteiger partial charge < -0.3 is 4.90 Å². The molecule has 0 radical (unpaired) electrons. The molecule has 0 fully saturated rings. The van der Waals surface area contributed by atoms with Crippen molar-refractivity contribution in [2.45, 2.75) is 24.6 Å². The summed E-state index contributed by atoms with van der Waals surface area (Å²) < 4.78 is 27.3. The second-order valence-corrected chi connectivity index (χ2v) is 9.56. The molecule has 1 heterocycles. The van der Waals surface area contributed by atoms with Gasteiger partial charge in [0.2, 0.25) is 0 Å². The van der Waals surface area contributed by atoms with Gasteiger partial charge in [-0.05, 0) is 60.7 Å². The summed E-state index contributed by atoms with van der Waals surface area (Å²) in [6.07, 6.45) is 0. The number of hydrogen-bond acceptors (Lipinski definition) is 4. The summed E-state index contributed by atoms with van der Waals surface area (Å²) >= 11 is 1.15. The molecular weight excluding hydrogens is 392 g/mol. The van der Waals surface area contributed by atoms with Crippen molar-refractivity contribution < 1.29 is 13.2 Å². The average molecular weight is 415 g/mol. The van der Waals surface area contributed by atoms with Crippen molar-refractivity contribution in [1.29, 1.82) is 0 Å². The summed E-state index contributed by atoms with van der Waals surface area (Å²) in [6.45, 7) is 4.59. The Morgan fingerprint density at radius 3 is 2.39 bits per heavy atom. The van der Waals surface area contributed by atoms with E-state index < -0.39 is 10.0 Å². The van der Waals surface area contributed by atoms with E-state index in [4.69, 9.17) is 0 Å².